The minimum absolute atomic E-state index is 0.0177. The molecule has 0 bridgehead atoms. The number of amides is 1. The van der Waals surface area contributed by atoms with Gasteiger partial charge < -0.3 is 4.90 Å². The van der Waals surface area contributed by atoms with Crippen LogP contribution in [0.2, 0.25) is 0 Å². The topological polar surface area (TPSA) is 70.6 Å². The molecule has 1 aliphatic heterocycles. The molecule has 1 aliphatic rings. The molecule has 0 radical (unpaired) electrons. The first-order valence-electron chi connectivity index (χ1n) is 7.77. The van der Waals surface area contributed by atoms with Crippen LogP contribution in [0.1, 0.15) is 36.9 Å². The first-order valence-corrected chi connectivity index (χ1v) is 10.5. The smallest absolute Gasteiger partial charge is 0.236 e. The maximum absolute atomic E-state index is 12.3. The SMILES string of the molecule is CC(C)c1nc(CN(C)C(=O)CN(C)[C@H]2CCS(=O)(=O)C2)cs1. The van der Waals surface area contributed by atoms with Crippen molar-refractivity contribution in [2.45, 2.75) is 38.8 Å². The standard InChI is InChI=1S/C15H25N3O3S2/c1-11(2)15-16-12(9-22-15)7-18(4)14(19)8-17(3)13-5-6-23(20,21)10-13/h9,11,13H,5-8,10H2,1-4H3/t13-/m0/s1. The minimum atomic E-state index is -2.93. The Morgan fingerprint density at radius 2 is 2.13 bits per heavy atom. The quantitative estimate of drug-likeness (QED) is 0.767. The second kappa shape index (κ2) is 7.27. The lowest BCUT2D eigenvalue weighted by Gasteiger charge is -2.25. The number of aromatic nitrogens is 1. The number of hydrogen-bond acceptors (Lipinski definition) is 6. The lowest BCUT2D eigenvalue weighted by molar-refractivity contribution is -0.131. The molecule has 1 saturated heterocycles. The second-order valence-electron chi connectivity index (χ2n) is 6.55. The average molecular weight is 360 g/mol. The fraction of sp³-hybridized carbons (Fsp3) is 0.733. The molecule has 0 spiro atoms. The van der Waals surface area contributed by atoms with Gasteiger partial charge >= 0.3 is 0 Å². The maximum Gasteiger partial charge on any atom is 0.236 e. The van der Waals surface area contributed by atoms with E-state index in [1.807, 2.05) is 17.3 Å². The Kier molecular flexibility index (Phi) is 5.80. The molecule has 23 heavy (non-hydrogen) atoms. The third-order valence-electron chi connectivity index (χ3n) is 4.10. The largest absolute Gasteiger partial charge is 0.339 e. The van der Waals surface area contributed by atoms with Crippen molar-refractivity contribution in [3.05, 3.63) is 16.1 Å². The van der Waals surface area contributed by atoms with Crippen molar-refractivity contribution >= 4 is 27.1 Å². The van der Waals surface area contributed by atoms with Gasteiger partial charge in [0.25, 0.3) is 0 Å². The van der Waals surface area contributed by atoms with Crippen LogP contribution < -0.4 is 0 Å². The molecule has 1 atom stereocenters. The van der Waals surface area contributed by atoms with E-state index in [4.69, 9.17) is 0 Å². The lowest BCUT2D eigenvalue weighted by Crippen LogP contribution is -2.41. The van der Waals surface area contributed by atoms with E-state index in [1.54, 1.807) is 23.3 Å². The van der Waals surface area contributed by atoms with E-state index >= 15 is 0 Å². The van der Waals surface area contributed by atoms with Gasteiger partial charge in [0, 0.05) is 24.4 Å². The Balaban J connectivity index is 1.87. The highest BCUT2D eigenvalue weighted by atomic mass is 32.2. The van der Waals surface area contributed by atoms with E-state index in [0.717, 1.165) is 10.7 Å². The number of thiazole rings is 1. The fourth-order valence-electron chi connectivity index (χ4n) is 2.58. The van der Waals surface area contributed by atoms with E-state index < -0.39 is 9.84 Å². The molecule has 0 N–H and O–H groups in total. The van der Waals surface area contributed by atoms with Crippen LogP contribution in [0.4, 0.5) is 0 Å². The lowest BCUT2D eigenvalue weighted by atomic mass is 10.2. The average Bonchev–Trinajstić information content (AvgIpc) is 3.05. The highest BCUT2D eigenvalue weighted by Crippen LogP contribution is 2.20. The Morgan fingerprint density at radius 3 is 2.65 bits per heavy atom. The summed E-state index contributed by atoms with van der Waals surface area (Å²) in [5.74, 6) is 0.758. The number of nitrogens with zero attached hydrogens (tertiary/aromatic N) is 3. The molecule has 0 saturated carbocycles. The molecule has 1 aromatic rings. The van der Waals surface area contributed by atoms with Crippen molar-refractivity contribution in [3.8, 4) is 0 Å². The molecule has 0 aromatic carbocycles. The van der Waals surface area contributed by atoms with Gasteiger partial charge in [-0.25, -0.2) is 13.4 Å². The third-order valence-corrected chi connectivity index (χ3v) is 7.05. The Bertz CT molecular complexity index is 655. The van der Waals surface area contributed by atoms with Crippen LogP contribution in [0.15, 0.2) is 5.38 Å². The van der Waals surface area contributed by atoms with Crippen LogP contribution in [0.5, 0.6) is 0 Å². The Labute approximate surface area is 142 Å². The second-order valence-corrected chi connectivity index (χ2v) is 9.67. The van der Waals surface area contributed by atoms with Gasteiger partial charge in [-0.05, 0) is 13.5 Å². The van der Waals surface area contributed by atoms with Crippen LogP contribution in [-0.2, 0) is 21.2 Å². The fourth-order valence-corrected chi connectivity index (χ4v) is 5.21. The predicted octanol–water partition coefficient (Wildman–Crippen LogP) is 1.34. The van der Waals surface area contributed by atoms with Crippen molar-refractivity contribution in [1.29, 1.82) is 0 Å². The normalized spacial score (nSPS) is 20.3. The van der Waals surface area contributed by atoms with Gasteiger partial charge in [0.2, 0.25) is 5.91 Å². The van der Waals surface area contributed by atoms with Crippen molar-refractivity contribution < 1.29 is 13.2 Å². The first kappa shape index (κ1) is 18.4. The Morgan fingerprint density at radius 1 is 1.43 bits per heavy atom. The van der Waals surface area contributed by atoms with Crippen molar-refractivity contribution in [2.75, 3.05) is 32.1 Å². The minimum Gasteiger partial charge on any atom is -0.339 e. The van der Waals surface area contributed by atoms with Gasteiger partial charge in [-0.1, -0.05) is 13.8 Å². The summed E-state index contributed by atoms with van der Waals surface area (Å²) < 4.78 is 23.1. The van der Waals surface area contributed by atoms with E-state index in [9.17, 15) is 13.2 Å². The maximum atomic E-state index is 12.3. The van der Waals surface area contributed by atoms with Gasteiger partial charge in [-0.15, -0.1) is 11.3 Å². The number of rotatable bonds is 6. The molecule has 0 aliphatic carbocycles. The van der Waals surface area contributed by atoms with Gasteiger partial charge in [0.15, 0.2) is 9.84 Å². The summed E-state index contributed by atoms with van der Waals surface area (Å²) in [7, 11) is 0.651. The summed E-state index contributed by atoms with van der Waals surface area (Å²) in [6.45, 7) is 4.92. The van der Waals surface area contributed by atoms with Crippen LogP contribution in [0.3, 0.4) is 0 Å². The highest BCUT2D eigenvalue weighted by Gasteiger charge is 2.31. The van der Waals surface area contributed by atoms with Crippen LogP contribution in [-0.4, -0.2) is 67.3 Å². The van der Waals surface area contributed by atoms with Crippen molar-refractivity contribution in [1.82, 2.24) is 14.8 Å². The predicted molar refractivity (Wildman–Crippen MR) is 92.4 cm³/mol. The number of carbonyl (C=O) groups is 1. The van der Waals surface area contributed by atoms with E-state index in [0.29, 0.717) is 18.9 Å². The number of sulfone groups is 1. The van der Waals surface area contributed by atoms with Crippen LogP contribution in [0, 0.1) is 0 Å². The van der Waals surface area contributed by atoms with Gasteiger partial charge in [0.05, 0.1) is 35.3 Å². The molecular weight excluding hydrogens is 334 g/mol. The van der Waals surface area contributed by atoms with Gasteiger partial charge in [-0.3, -0.25) is 9.69 Å². The number of carbonyl (C=O) groups excluding carboxylic acids is 1. The number of hydrogen-bond donors (Lipinski definition) is 0. The summed E-state index contributed by atoms with van der Waals surface area (Å²) in [5.41, 5.74) is 0.903. The molecular formula is C15H25N3O3S2. The molecule has 2 heterocycles. The van der Waals surface area contributed by atoms with Crippen molar-refractivity contribution in [3.63, 3.8) is 0 Å². The van der Waals surface area contributed by atoms with Crippen LogP contribution >= 0.6 is 11.3 Å². The highest BCUT2D eigenvalue weighted by molar-refractivity contribution is 7.91. The molecule has 6 nitrogen and oxygen atoms in total. The summed E-state index contributed by atoms with van der Waals surface area (Å²) in [6.07, 6.45) is 0.611. The summed E-state index contributed by atoms with van der Waals surface area (Å²) in [5, 5.41) is 3.07. The molecule has 1 amide bonds. The summed E-state index contributed by atoms with van der Waals surface area (Å²) in [4.78, 5) is 20.4. The van der Waals surface area contributed by atoms with Gasteiger partial charge in [-0.2, -0.15) is 0 Å². The molecule has 2 rings (SSSR count). The monoisotopic (exact) mass is 359 g/mol. The summed E-state index contributed by atoms with van der Waals surface area (Å²) >= 11 is 1.62. The molecule has 1 fully saturated rings. The molecule has 130 valence electrons. The van der Waals surface area contributed by atoms with E-state index in [1.165, 1.54) is 0 Å². The number of likely N-dealkylation sites (N-methyl/N-ethyl adjacent to an activating group) is 2. The Hall–Kier alpha value is -0.990. The van der Waals surface area contributed by atoms with E-state index in [-0.39, 0.29) is 30.0 Å². The van der Waals surface area contributed by atoms with Crippen molar-refractivity contribution in [2.24, 2.45) is 0 Å². The summed E-state index contributed by atoms with van der Waals surface area (Å²) in [6, 6.07) is -0.0517. The molecule has 0 unspecified atom stereocenters. The van der Waals surface area contributed by atoms with E-state index in [2.05, 4.69) is 18.8 Å². The molecule has 8 heteroatoms. The van der Waals surface area contributed by atoms with Gasteiger partial charge in [0.1, 0.15) is 0 Å². The first-order chi connectivity index (χ1) is 10.7. The third kappa shape index (κ3) is 4.99. The zero-order valence-corrected chi connectivity index (χ0v) is 15.8. The molecule has 1 aromatic heterocycles. The zero-order chi connectivity index (χ0) is 17.2. The zero-order valence-electron chi connectivity index (χ0n) is 14.2. The van der Waals surface area contributed by atoms with Crippen LogP contribution in [0.25, 0.3) is 0 Å².